The number of amides is 1. The summed E-state index contributed by atoms with van der Waals surface area (Å²) in [6.45, 7) is 1.81. The molecule has 0 radical (unpaired) electrons. The Labute approximate surface area is 98.0 Å². The first-order chi connectivity index (χ1) is 8.16. The van der Waals surface area contributed by atoms with E-state index in [0.717, 1.165) is 19.4 Å². The fourth-order valence-electron chi connectivity index (χ4n) is 1.83. The van der Waals surface area contributed by atoms with Crippen molar-refractivity contribution in [2.75, 3.05) is 13.1 Å². The number of nitrogens with zero attached hydrogens (tertiary/aromatic N) is 4. The maximum Gasteiger partial charge on any atom is 0.358 e. The molecule has 0 saturated carbocycles. The van der Waals surface area contributed by atoms with Gasteiger partial charge in [-0.3, -0.25) is 4.79 Å². The molecule has 0 bridgehead atoms. The molecule has 17 heavy (non-hydrogen) atoms. The summed E-state index contributed by atoms with van der Waals surface area (Å²) in [6, 6.07) is 0. The normalized spacial score (nSPS) is 16.2. The fourth-order valence-corrected chi connectivity index (χ4v) is 1.83. The van der Waals surface area contributed by atoms with E-state index in [1.807, 2.05) is 0 Å². The number of aromatic carboxylic acids is 1. The van der Waals surface area contributed by atoms with Gasteiger partial charge in [-0.25, -0.2) is 9.48 Å². The number of carbonyl (C=O) groups excluding carboxylic acids is 1. The maximum atomic E-state index is 11.5. The van der Waals surface area contributed by atoms with Crippen molar-refractivity contribution in [2.45, 2.75) is 25.8 Å². The van der Waals surface area contributed by atoms with Crippen molar-refractivity contribution in [3.05, 3.63) is 11.9 Å². The average Bonchev–Trinajstić information content (AvgIpc) is 2.77. The molecule has 1 N–H and O–H groups in total. The van der Waals surface area contributed by atoms with Crippen molar-refractivity contribution >= 4 is 11.9 Å². The van der Waals surface area contributed by atoms with Gasteiger partial charge >= 0.3 is 5.97 Å². The lowest BCUT2D eigenvalue weighted by atomic mass is 10.1. The Morgan fingerprint density at radius 1 is 1.41 bits per heavy atom. The minimum Gasteiger partial charge on any atom is -0.476 e. The van der Waals surface area contributed by atoms with Gasteiger partial charge in [0.25, 0.3) is 0 Å². The van der Waals surface area contributed by atoms with E-state index in [1.165, 1.54) is 10.9 Å². The molecule has 7 heteroatoms. The van der Waals surface area contributed by atoms with Crippen LogP contribution in [0.15, 0.2) is 6.20 Å². The lowest BCUT2D eigenvalue weighted by molar-refractivity contribution is -0.133. The van der Waals surface area contributed by atoms with Crippen LogP contribution in [0.1, 0.15) is 29.8 Å². The molecule has 2 heterocycles. The average molecular weight is 238 g/mol. The first kappa shape index (κ1) is 11.6. The first-order valence-electron chi connectivity index (χ1n) is 5.58. The zero-order valence-electron chi connectivity index (χ0n) is 9.37. The number of aromatic nitrogens is 3. The molecule has 0 atom stereocenters. The molecule has 1 aromatic heterocycles. The van der Waals surface area contributed by atoms with Crippen LogP contribution in [0.4, 0.5) is 0 Å². The number of piperidine rings is 1. The Kier molecular flexibility index (Phi) is 3.36. The van der Waals surface area contributed by atoms with E-state index in [2.05, 4.69) is 10.3 Å². The van der Waals surface area contributed by atoms with Crippen molar-refractivity contribution in [3.8, 4) is 0 Å². The van der Waals surface area contributed by atoms with Gasteiger partial charge in [-0.1, -0.05) is 5.21 Å². The van der Waals surface area contributed by atoms with Crippen LogP contribution in [0.25, 0.3) is 0 Å². The molecule has 1 saturated heterocycles. The Balaban J connectivity index is 1.88. The molecule has 1 aliphatic rings. The Bertz CT molecular complexity index is 429. The highest BCUT2D eigenvalue weighted by atomic mass is 16.4. The summed E-state index contributed by atoms with van der Waals surface area (Å²) >= 11 is 0. The largest absolute Gasteiger partial charge is 0.476 e. The third kappa shape index (κ3) is 2.80. The Morgan fingerprint density at radius 2 is 2.24 bits per heavy atom. The monoisotopic (exact) mass is 238 g/mol. The van der Waals surface area contributed by atoms with E-state index in [-0.39, 0.29) is 11.6 Å². The topological polar surface area (TPSA) is 88.3 Å². The zero-order valence-corrected chi connectivity index (χ0v) is 9.37. The lowest BCUT2D eigenvalue weighted by Crippen LogP contribution is -2.37. The number of rotatable bonds is 4. The minimum atomic E-state index is -1.09. The van der Waals surface area contributed by atoms with Gasteiger partial charge in [0.2, 0.25) is 5.91 Å². The van der Waals surface area contributed by atoms with Gasteiger partial charge in [0.15, 0.2) is 5.69 Å². The van der Waals surface area contributed by atoms with Crippen molar-refractivity contribution in [3.63, 3.8) is 0 Å². The van der Waals surface area contributed by atoms with Gasteiger partial charge in [-0.15, -0.1) is 5.10 Å². The number of hydrogen-bond donors (Lipinski definition) is 1. The Hall–Kier alpha value is -1.92. The van der Waals surface area contributed by atoms with E-state index in [0.29, 0.717) is 19.5 Å². The van der Waals surface area contributed by atoms with Crippen LogP contribution in [0, 0.1) is 0 Å². The number of hydrogen-bond acceptors (Lipinski definition) is 4. The molecule has 1 amide bonds. The predicted molar refractivity (Wildman–Crippen MR) is 57.4 cm³/mol. The molecule has 2 rings (SSSR count). The second-order valence-corrected chi connectivity index (χ2v) is 4.01. The number of carboxylic acid groups (broad SMARTS) is 1. The van der Waals surface area contributed by atoms with Gasteiger partial charge in [0, 0.05) is 19.5 Å². The highest BCUT2D eigenvalue weighted by Gasteiger charge is 2.17. The second-order valence-electron chi connectivity index (χ2n) is 4.01. The maximum absolute atomic E-state index is 11.5. The van der Waals surface area contributed by atoms with E-state index in [9.17, 15) is 9.59 Å². The summed E-state index contributed by atoms with van der Waals surface area (Å²) in [6.07, 6.45) is 3.97. The molecule has 1 aromatic rings. The van der Waals surface area contributed by atoms with Gasteiger partial charge in [0.05, 0.1) is 12.7 Å². The van der Waals surface area contributed by atoms with Crippen LogP contribution in [0.2, 0.25) is 0 Å². The summed E-state index contributed by atoms with van der Waals surface area (Å²) in [7, 11) is 0. The molecular formula is C10H14N4O3. The molecule has 1 aliphatic heterocycles. The van der Waals surface area contributed by atoms with Crippen LogP contribution >= 0.6 is 0 Å². The molecular weight excluding hydrogens is 224 g/mol. The molecule has 7 nitrogen and oxygen atoms in total. The number of carboxylic acids is 1. The first-order valence-corrected chi connectivity index (χ1v) is 5.58. The Morgan fingerprint density at radius 3 is 2.88 bits per heavy atom. The van der Waals surface area contributed by atoms with Gasteiger partial charge in [-0.2, -0.15) is 0 Å². The molecule has 0 aromatic carbocycles. The van der Waals surface area contributed by atoms with Crippen molar-refractivity contribution < 1.29 is 14.7 Å². The molecule has 92 valence electrons. The molecule has 0 spiro atoms. The third-order valence-corrected chi connectivity index (χ3v) is 2.78. The van der Waals surface area contributed by atoms with Crippen LogP contribution < -0.4 is 0 Å². The van der Waals surface area contributed by atoms with E-state index in [4.69, 9.17) is 5.11 Å². The smallest absolute Gasteiger partial charge is 0.358 e. The zero-order chi connectivity index (χ0) is 12.3. The fraction of sp³-hybridized carbons (Fsp3) is 0.600. The molecule has 1 fully saturated rings. The summed E-state index contributed by atoms with van der Waals surface area (Å²) < 4.78 is 1.45. The van der Waals surface area contributed by atoms with Crippen LogP contribution in [-0.4, -0.2) is 50.0 Å². The van der Waals surface area contributed by atoms with Crippen LogP contribution in [-0.2, 0) is 11.3 Å². The van der Waals surface area contributed by atoms with Gasteiger partial charge in [0.1, 0.15) is 0 Å². The standard InChI is InChI=1S/C10H14N4O3/c15-9-3-1-2-4-13(9)5-6-14-7-8(10(16)17)11-12-14/h7H,1-6H2,(H,16,17). The van der Waals surface area contributed by atoms with Crippen molar-refractivity contribution in [2.24, 2.45) is 0 Å². The summed E-state index contributed by atoms with van der Waals surface area (Å²) in [5.41, 5.74) is -0.0741. The molecule has 0 unspecified atom stereocenters. The second kappa shape index (κ2) is 4.94. The van der Waals surface area contributed by atoms with Crippen LogP contribution in [0.3, 0.4) is 0 Å². The minimum absolute atomic E-state index is 0.0741. The lowest BCUT2D eigenvalue weighted by Gasteiger charge is -2.26. The van der Waals surface area contributed by atoms with Gasteiger partial charge < -0.3 is 10.0 Å². The summed E-state index contributed by atoms with van der Waals surface area (Å²) in [5, 5.41) is 15.9. The molecule has 0 aliphatic carbocycles. The SMILES string of the molecule is O=C(O)c1cn(CCN2CCCCC2=O)nn1. The number of likely N-dealkylation sites (tertiary alicyclic amines) is 1. The van der Waals surface area contributed by atoms with E-state index in [1.54, 1.807) is 4.90 Å². The van der Waals surface area contributed by atoms with Crippen molar-refractivity contribution in [1.82, 2.24) is 19.9 Å². The predicted octanol–water partition coefficient (Wildman–Crippen LogP) is -0.0112. The van der Waals surface area contributed by atoms with Crippen LogP contribution in [0.5, 0.6) is 0 Å². The summed E-state index contributed by atoms with van der Waals surface area (Å²) in [4.78, 5) is 23.9. The number of carbonyl (C=O) groups is 2. The quantitative estimate of drug-likeness (QED) is 0.796. The highest BCUT2D eigenvalue weighted by molar-refractivity contribution is 5.84. The summed E-state index contributed by atoms with van der Waals surface area (Å²) in [5.74, 6) is -0.930. The van der Waals surface area contributed by atoms with Gasteiger partial charge in [-0.05, 0) is 12.8 Å². The third-order valence-electron chi connectivity index (χ3n) is 2.78. The highest BCUT2D eigenvalue weighted by Crippen LogP contribution is 2.10. The van der Waals surface area contributed by atoms with Crippen molar-refractivity contribution in [1.29, 1.82) is 0 Å². The van der Waals surface area contributed by atoms with E-state index >= 15 is 0 Å². The van der Waals surface area contributed by atoms with E-state index < -0.39 is 5.97 Å².